The third-order valence-corrected chi connectivity index (χ3v) is 2.09. The average molecular weight is 238 g/mol. The van der Waals surface area contributed by atoms with Crippen molar-refractivity contribution in [2.75, 3.05) is 14.1 Å². The van der Waals surface area contributed by atoms with Gasteiger partial charge in [0.2, 0.25) is 0 Å². The number of hydrogen-bond donors (Lipinski definition) is 2. The van der Waals surface area contributed by atoms with Crippen molar-refractivity contribution in [2.24, 2.45) is 0 Å². The van der Waals surface area contributed by atoms with E-state index in [4.69, 9.17) is 0 Å². The van der Waals surface area contributed by atoms with Crippen molar-refractivity contribution in [3.8, 4) is 0 Å². The Hall–Kier alpha value is -1.12. The van der Waals surface area contributed by atoms with E-state index in [1.807, 2.05) is 32.3 Å². The minimum Gasteiger partial charge on any atom is -0.398 e. The SMILES string of the molecule is C=C(NC)c1c[c-]cc(C(=C)NC)c1.[V+2]. The van der Waals surface area contributed by atoms with Crippen molar-refractivity contribution in [1.82, 2.24) is 10.6 Å². The summed E-state index contributed by atoms with van der Waals surface area (Å²) in [5.41, 5.74) is 3.82. The molecule has 0 bridgehead atoms. The summed E-state index contributed by atoms with van der Waals surface area (Å²) < 4.78 is 0. The van der Waals surface area contributed by atoms with E-state index in [-0.39, 0.29) is 18.6 Å². The Morgan fingerprint density at radius 1 is 1.07 bits per heavy atom. The van der Waals surface area contributed by atoms with Crippen molar-refractivity contribution in [1.29, 1.82) is 0 Å². The van der Waals surface area contributed by atoms with Crippen LogP contribution in [0.1, 0.15) is 11.1 Å². The van der Waals surface area contributed by atoms with Crippen molar-refractivity contribution in [3.63, 3.8) is 0 Å². The van der Waals surface area contributed by atoms with E-state index in [2.05, 4.69) is 29.9 Å². The maximum atomic E-state index is 3.89. The summed E-state index contributed by atoms with van der Waals surface area (Å²) in [7, 11) is 3.70. The number of nitrogens with one attached hydrogen (secondary N) is 2. The zero-order chi connectivity index (χ0) is 10.6. The summed E-state index contributed by atoms with van der Waals surface area (Å²) in [5.74, 6) is 0. The molecule has 1 radical (unpaired) electrons. The fourth-order valence-corrected chi connectivity index (χ4v) is 1.11. The molecule has 3 heteroatoms. The summed E-state index contributed by atoms with van der Waals surface area (Å²) in [6.45, 7) is 7.78. The summed E-state index contributed by atoms with van der Waals surface area (Å²) in [5, 5.41) is 6.00. The molecule has 0 aliphatic rings. The van der Waals surface area contributed by atoms with Gasteiger partial charge in [0.25, 0.3) is 0 Å². The molecule has 0 aromatic heterocycles. The van der Waals surface area contributed by atoms with Gasteiger partial charge in [-0.1, -0.05) is 13.2 Å². The monoisotopic (exact) mass is 238 g/mol. The molecule has 1 aromatic rings. The average Bonchev–Trinajstić information content (AvgIpc) is 2.27. The maximum Gasteiger partial charge on any atom is 2.00 e. The molecule has 0 fully saturated rings. The molecule has 0 atom stereocenters. The second-order valence-electron chi connectivity index (χ2n) is 2.97. The zero-order valence-corrected chi connectivity index (χ0v) is 10.5. The molecule has 2 nitrogen and oxygen atoms in total. The van der Waals surface area contributed by atoms with Gasteiger partial charge in [-0.25, -0.2) is 0 Å². The fraction of sp³-hybridized carbons (Fsp3) is 0.167. The molecule has 1 aromatic carbocycles. The van der Waals surface area contributed by atoms with Crippen LogP contribution in [0.5, 0.6) is 0 Å². The van der Waals surface area contributed by atoms with Crippen LogP contribution in [0.15, 0.2) is 31.4 Å². The topological polar surface area (TPSA) is 24.1 Å². The molecule has 0 saturated heterocycles. The molecule has 0 aliphatic heterocycles. The summed E-state index contributed by atoms with van der Waals surface area (Å²) in [6.07, 6.45) is 0. The minimum absolute atomic E-state index is 0. The van der Waals surface area contributed by atoms with E-state index in [1.165, 1.54) is 0 Å². The Morgan fingerprint density at radius 3 is 1.80 bits per heavy atom. The molecule has 0 saturated carbocycles. The Balaban J connectivity index is 0.00000196. The molecule has 2 N–H and O–H groups in total. The van der Waals surface area contributed by atoms with Crippen LogP contribution in [-0.4, -0.2) is 14.1 Å². The standard InChI is InChI=1S/C12H15N2.V/c1-9(13-3)11-6-5-7-12(8-11)10(2)14-4;/h6-8,13-14H,1-2H2,3-4H3;/q-1;+2. The van der Waals surface area contributed by atoms with Gasteiger partial charge in [-0.15, -0.1) is 11.1 Å². The van der Waals surface area contributed by atoms with Crippen LogP contribution in [0.2, 0.25) is 0 Å². The smallest absolute Gasteiger partial charge is 0.398 e. The van der Waals surface area contributed by atoms with Crippen LogP contribution in [0, 0.1) is 6.07 Å². The minimum atomic E-state index is 0. The molecule has 0 aliphatic carbocycles. The normalized spacial score (nSPS) is 8.67. The van der Waals surface area contributed by atoms with Crippen LogP contribution in [0.25, 0.3) is 11.4 Å². The summed E-state index contributed by atoms with van der Waals surface area (Å²) in [4.78, 5) is 0. The first-order valence-electron chi connectivity index (χ1n) is 4.44. The molecular formula is C12H15N2V+. The first-order chi connectivity index (χ1) is 6.69. The zero-order valence-electron chi connectivity index (χ0n) is 9.09. The van der Waals surface area contributed by atoms with Gasteiger partial charge in [-0.2, -0.15) is 24.3 Å². The first kappa shape index (κ1) is 13.9. The Kier molecular flexibility index (Phi) is 5.91. The summed E-state index contributed by atoms with van der Waals surface area (Å²) in [6, 6.07) is 8.87. The van der Waals surface area contributed by atoms with Crippen molar-refractivity contribution >= 4 is 11.4 Å². The molecule has 0 spiro atoms. The van der Waals surface area contributed by atoms with Crippen molar-refractivity contribution in [2.45, 2.75) is 0 Å². The Bertz CT molecular complexity index is 327. The molecule has 77 valence electrons. The van der Waals surface area contributed by atoms with Crippen LogP contribution >= 0.6 is 0 Å². The van der Waals surface area contributed by atoms with E-state index >= 15 is 0 Å². The predicted octanol–water partition coefficient (Wildman–Crippen LogP) is 1.86. The van der Waals surface area contributed by atoms with Crippen LogP contribution in [-0.2, 0) is 18.6 Å². The fourth-order valence-electron chi connectivity index (χ4n) is 1.11. The number of benzene rings is 1. The first-order valence-corrected chi connectivity index (χ1v) is 4.44. The molecular weight excluding hydrogens is 223 g/mol. The number of rotatable bonds is 4. The van der Waals surface area contributed by atoms with Gasteiger partial charge < -0.3 is 10.6 Å². The Morgan fingerprint density at radius 2 is 1.47 bits per heavy atom. The van der Waals surface area contributed by atoms with Crippen LogP contribution in [0.4, 0.5) is 0 Å². The van der Waals surface area contributed by atoms with Gasteiger partial charge in [0.1, 0.15) is 0 Å². The third kappa shape index (κ3) is 3.50. The van der Waals surface area contributed by atoms with E-state index < -0.39 is 0 Å². The van der Waals surface area contributed by atoms with Gasteiger partial charge in [0, 0.05) is 14.1 Å². The van der Waals surface area contributed by atoms with Crippen molar-refractivity contribution < 1.29 is 18.6 Å². The molecule has 15 heavy (non-hydrogen) atoms. The largest absolute Gasteiger partial charge is 2.00 e. The second kappa shape index (κ2) is 6.38. The van der Waals surface area contributed by atoms with Crippen molar-refractivity contribution in [3.05, 3.63) is 48.6 Å². The maximum absolute atomic E-state index is 3.89. The van der Waals surface area contributed by atoms with Crippen LogP contribution in [0.3, 0.4) is 0 Å². The quantitative estimate of drug-likeness (QED) is 0.782. The summed E-state index contributed by atoms with van der Waals surface area (Å²) >= 11 is 0. The van der Waals surface area contributed by atoms with Crippen LogP contribution < -0.4 is 10.6 Å². The van der Waals surface area contributed by atoms with Gasteiger partial charge in [0.05, 0.1) is 0 Å². The molecule has 0 amide bonds. The molecule has 0 heterocycles. The second-order valence-corrected chi connectivity index (χ2v) is 2.97. The van der Waals surface area contributed by atoms with Gasteiger partial charge in [-0.05, 0) is 11.4 Å². The number of hydrogen-bond acceptors (Lipinski definition) is 2. The van der Waals surface area contributed by atoms with E-state index in [0.29, 0.717) is 0 Å². The van der Waals surface area contributed by atoms with E-state index in [0.717, 1.165) is 22.5 Å². The third-order valence-electron chi connectivity index (χ3n) is 2.09. The Labute approximate surface area is 103 Å². The molecule has 1 rings (SSSR count). The molecule has 0 unspecified atom stereocenters. The van der Waals surface area contributed by atoms with Gasteiger partial charge in [-0.3, -0.25) is 0 Å². The van der Waals surface area contributed by atoms with E-state index in [1.54, 1.807) is 0 Å². The van der Waals surface area contributed by atoms with Gasteiger partial charge >= 0.3 is 18.6 Å². The van der Waals surface area contributed by atoms with Gasteiger partial charge in [0.15, 0.2) is 0 Å². The van der Waals surface area contributed by atoms with E-state index in [9.17, 15) is 0 Å². The predicted molar refractivity (Wildman–Crippen MR) is 61.5 cm³/mol.